The Hall–Kier alpha value is -2.88. The molecule has 1 amide bonds. The molecule has 136 valence electrons. The fourth-order valence-corrected chi connectivity index (χ4v) is 4.45. The molecule has 1 N–H and O–H groups in total. The molecule has 2 fully saturated rings. The molecule has 0 bridgehead atoms. The Kier molecular flexibility index (Phi) is 3.67. The molecule has 1 heterocycles. The van der Waals surface area contributed by atoms with Gasteiger partial charge >= 0.3 is 0 Å². The first-order valence-electron chi connectivity index (χ1n) is 9.54. The molecule has 0 aliphatic heterocycles. The van der Waals surface area contributed by atoms with Gasteiger partial charge in [0.05, 0.1) is 10.9 Å². The van der Waals surface area contributed by atoms with Crippen molar-refractivity contribution in [3.8, 4) is 11.3 Å². The second-order valence-corrected chi connectivity index (χ2v) is 7.83. The quantitative estimate of drug-likeness (QED) is 0.759. The monoisotopic (exact) mass is 359 g/mol. The molecule has 0 saturated heterocycles. The van der Waals surface area contributed by atoms with Crippen LogP contribution >= 0.6 is 0 Å². The lowest BCUT2D eigenvalue weighted by molar-refractivity contribution is 0.0936. The molecule has 4 nitrogen and oxygen atoms in total. The molecule has 0 spiro atoms. The summed E-state index contributed by atoms with van der Waals surface area (Å²) in [7, 11) is 0. The van der Waals surface area contributed by atoms with Crippen molar-refractivity contribution in [2.24, 2.45) is 11.8 Å². The van der Waals surface area contributed by atoms with Gasteiger partial charge in [-0.1, -0.05) is 36.4 Å². The molecular formula is C23H21NO3. The lowest BCUT2D eigenvalue weighted by atomic mass is 10.0. The van der Waals surface area contributed by atoms with Crippen molar-refractivity contribution in [2.75, 3.05) is 0 Å². The maximum atomic E-state index is 12.9. The third kappa shape index (κ3) is 2.76. The van der Waals surface area contributed by atoms with Crippen molar-refractivity contribution in [2.45, 2.75) is 32.2 Å². The van der Waals surface area contributed by atoms with Gasteiger partial charge in [-0.05, 0) is 50.2 Å². The summed E-state index contributed by atoms with van der Waals surface area (Å²) >= 11 is 0. The van der Waals surface area contributed by atoms with Crippen LogP contribution in [0.15, 0.2) is 57.7 Å². The van der Waals surface area contributed by atoms with Gasteiger partial charge in [-0.2, -0.15) is 0 Å². The molecule has 2 aromatic carbocycles. The lowest BCUT2D eigenvalue weighted by Gasteiger charge is -2.15. The highest BCUT2D eigenvalue weighted by Crippen LogP contribution is 2.51. The van der Waals surface area contributed by atoms with Crippen molar-refractivity contribution in [3.63, 3.8) is 0 Å². The van der Waals surface area contributed by atoms with Crippen LogP contribution in [0.5, 0.6) is 0 Å². The fourth-order valence-electron chi connectivity index (χ4n) is 4.45. The van der Waals surface area contributed by atoms with E-state index in [1.54, 1.807) is 25.1 Å². The van der Waals surface area contributed by atoms with Gasteiger partial charge in [-0.3, -0.25) is 9.59 Å². The standard InChI is InChI=1S/C23H21NO3/c1-13-20(25)18-8-5-9-19(23(26)24-17-11-15-10-16(15)12-17)22(18)27-21(13)14-6-3-2-4-7-14/h2-9,15-17H,10-12H2,1H3,(H,24,26). The van der Waals surface area contributed by atoms with E-state index in [1.165, 1.54) is 6.42 Å². The number of hydrogen-bond donors (Lipinski definition) is 1. The first kappa shape index (κ1) is 16.3. The predicted molar refractivity (Wildman–Crippen MR) is 105 cm³/mol. The van der Waals surface area contributed by atoms with Crippen molar-refractivity contribution >= 4 is 16.9 Å². The van der Waals surface area contributed by atoms with Crippen molar-refractivity contribution in [1.29, 1.82) is 0 Å². The number of rotatable bonds is 3. The summed E-state index contributed by atoms with van der Waals surface area (Å²) in [6.07, 6.45) is 3.45. The first-order chi connectivity index (χ1) is 13.1. The summed E-state index contributed by atoms with van der Waals surface area (Å²) in [5, 5.41) is 3.59. The predicted octanol–water partition coefficient (Wildman–Crippen LogP) is 4.30. The summed E-state index contributed by atoms with van der Waals surface area (Å²) in [4.78, 5) is 25.8. The highest BCUT2D eigenvalue weighted by Gasteiger charge is 2.46. The zero-order chi connectivity index (χ0) is 18.5. The van der Waals surface area contributed by atoms with Crippen molar-refractivity contribution in [1.82, 2.24) is 5.32 Å². The first-order valence-corrected chi connectivity index (χ1v) is 9.54. The van der Waals surface area contributed by atoms with Crippen LogP contribution in [0.25, 0.3) is 22.3 Å². The largest absolute Gasteiger partial charge is 0.455 e. The maximum absolute atomic E-state index is 12.9. The second-order valence-electron chi connectivity index (χ2n) is 7.83. The van der Waals surface area contributed by atoms with Crippen LogP contribution in [-0.4, -0.2) is 11.9 Å². The van der Waals surface area contributed by atoms with Crippen LogP contribution in [0.1, 0.15) is 35.2 Å². The van der Waals surface area contributed by atoms with E-state index in [0.717, 1.165) is 30.2 Å². The molecule has 4 heteroatoms. The minimum Gasteiger partial charge on any atom is -0.455 e. The van der Waals surface area contributed by atoms with Crippen LogP contribution in [0.4, 0.5) is 0 Å². The smallest absolute Gasteiger partial charge is 0.255 e. The number of para-hydroxylation sites is 1. The Morgan fingerprint density at radius 1 is 1.00 bits per heavy atom. The van der Waals surface area contributed by atoms with E-state index in [0.29, 0.717) is 27.9 Å². The lowest BCUT2D eigenvalue weighted by Crippen LogP contribution is -2.33. The van der Waals surface area contributed by atoms with Gasteiger partial charge in [0.1, 0.15) is 5.76 Å². The molecule has 2 atom stereocenters. The average Bonchev–Trinajstić information content (AvgIpc) is 3.30. The SMILES string of the molecule is Cc1c(-c2ccccc2)oc2c(C(=O)NC3CC4CC4C3)cccc2c1=O. The van der Waals surface area contributed by atoms with E-state index in [9.17, 15) is 9.59 Å². The van der Waals surface area contributed by atoms with Gasteiger partial charge in [-0.15, -0.1) is 0 Å². The van der Waals surface area contributed by atoms with E-state index in [1.807, 2.05) is 30.3 Å². The van der Waals surface area contributed by atoms with Gasteiger partial charge in [-0.25, -0.2) is 0 Å². The number of carbonyl (C=O) groups is 1. The number of benzene rings is 2. The maximum Gasteiger partial charge on any atom is 0.255 e. The van der Waals surface area contributed by atoms with Crippen molar-refractivity contribution < 1.29 is 9.21 Å². The topological polar surface area (TPSA) is 59.3 Å². The number of amides is 1. The fraction of sp³-hybridized carbons (Fsp3) is 0.304. The molecule has 2 saturated carbocycles. The summed E-state index contributed by atoms with van der Waals surface area (Å²) in [6.45, 7) is 1.77. The molecule has 2 aliphatic carbocycles. The Labute approximate surface area is 157 Å². The summed E-state index contributed by atoms with van der Waals surface area (Å²) in [5.41, 5.74) is 2.10. The Morgan fingerprint density at radius 3 is 2.48 bits per heavy atom. The zero-order valence-electron chi connectivity index (χ0n) is 15.2. The minimum absolute atomic E-state index is 0.0909. The van der Waals surface area contributed by atoms with Crippen LogP contribution in [0, 0.1) is 18.8 Å². The summed E-state index contributed by atoms with van der Waals surface area (Å²) < 4.78 is 6.15. The van der Waals surface area contributed by atoms with Crippen LogP contribution < -0.4 is 10.7 Å². The van der Waals surface area contributed by atoms with Crippen molar-refractivity contribution in [3.05, 3.63) is 69.9 Å². The summed E-state index contributed by atoms with van der Waals surface area (Å²) in [6, 6.07) is 15.0. The van der Waals surface area contributed by atoms with Crippen LogP contribution in [0.3, 0.4) is 0 Å². The van der Waals surface area contributed by atoms with E-state index in [4.69, 9.17) is 4.42 Å². The normalized spacial score (nSPS) is 23.2. The molecule has 2 aliphatic rings. The second kappa shape index (κ2) is 6.08. The van der Waals surface area contributed by atoms with Crippen LogP contribution in [-0.2, 0) is 0 Å². The van der Waals surface area contributed by atoms with Gasteiger partial charge in [0, 0.05) is 17.2 Å². The Balaban J connectivity index is 1.59. The number of hydrogen-bond acceptors (Lipinski definition) is 3. The molecule has 0 radical (unpaired) electrons. The molecule has 1 aromatic heterocycles. The van der Waals surface area contributed by atoms with E-state index in [-0.39, 0.29) is 17.4 Å². The van der Waals surface area contributed by atoms with E-state index >= 15 is 0 Å². The number of nitrogens with one attached hydrogen (secondary N) is 1. The third-order valence-corrected chi connectivity index (χ3v) is 6.00. The number of fused-ring (bicyclic) bond motifs is 2. The van der Waals surface area contributed by atoms with E-state index < -0.39 is 0 Å². The Morgan fingerprint density at radius 2 is 1.74 bits per heavy atom. The van der Waals surface area contributed by atoms with E-state index in [2.05, 4.69) is 5.32 Å². The average molecular weight is 359 g/mol. The van der Waals surface area contributed by atoms with Gasteiger partial charge in [0.2, 0.25) is 0 Å². The molecule has 27 heavy (non-hydrogen) atoms. The highest BCUT2D eigenvalue weighted by atomic mass is 16.3. The minimum atomic E-state index is -0.155. The molecule has 5 rings (SSSR count). The third-order valence-electron chi connectivity index (χ3n) is 6.00. The zero-order valence-corrected chi connectivity index (χ0v) is 15.2. The van der Waals surface area contributed by atoms with Gasteiger partial charge < -0.3 is 9.73 Å². The van der Waals surface area contributed by atoms with Gasteiger partial charge in [0.25, 0.3) is 5.91 Å². The van der Waals surface area contributed by atoms with Crippen LogP contribution in [0.2, 0.25) is 0 Å². The molecule has 3 aromatic rings. The Bertz CT molecular complexity index is 1090. The van der Waals surface area contributed by atoms with Gasteiger partial charge in [0.15, 0.2) is 11.0 Å². The molecule has 2 unspecified atom stereocenters. The molecular weight excluding hydrogens is 338 g/mol. The highest BCUT2D eigenvalue weighted by molar-refractivity contribution is 6.05. The summed E-state index contributed by atoms with van der Waals surface area (Å²) in [5.74, 6) is 1.97. The number of carbonyl (C=O) groups excluding carboxylic acids is 1.